The Hall–Kier alpha value is -3.12. The Morgan fingerprint density at radius 2 is 2.03 bits per heavy atom. The topological polar surface area (TPSA) is 60.5 Å². The van der Waals surface area contributed by atoms with Crippen LogP contribution in [0, 0.1) is 0 Å². The number of hydrogen-bond donors (Lipinski definition) is 1. The number of aromatic nitrogens is 1. The molecule has 1 aliphatic carbocycles. The number of nitrogens with zero attached hydrogens (tertiary/aromatic N) is 1. The normalized spacial score (nSPS) is 15.5. The molecule has 1 unspecified atom stereocenters. The van der Waals surface area contributed by atoms with Crippen LogP contribution in [0.25, 0.3) is 12.2 Å². The summed E-state index contributed by atoms with van der Waals surface area (Å²) in [5.41, 5.74) is 3.05. The van der Waals surface area contributed by atoms with E-state index in [1.165, 1.54) is 4.88 Å². The molecule has 0 spiro atoms. The lowest BCUT2D eigenvalue weighted by Gasteiger charge is -2.19. The molecule has 1 aliphatic rings. The van der Waals surface area contributed by atoms with Crippen molar-refractivity contribution >= 4 is 29.4 Å². The summed E-state index contributed by atoms with van der Waals surface area (Å²) in [7, 11) is 3.33. The van der Waals surface area contributed by atoms with E-state index < -0.39 is 0 Å². The van der Waals surface area contributed by atoms with Crippen molar-refractivity contribution in [1.82, 2.24) is 10.3 Å². The van der Waals surface area contributed by atoms with Gasteiger partial charge >= 0.3 is 0 Å². The summed E-state index contributed by atoms with van der Waals surface area (Å²) in [5, 5.41) is 3.68. The number of rotatable bonds is 7. The van der Waals surface area contributed by atoms with E-state index in [4.69, 9.17) is 14.5 Å². The number of benzene rings is 2. The molecule has 31 heavy (non-hydrogen) atoms. The second-order valence-electron chi connectivity index (χ2n) is 7.44. The molecule has 1 atom stereocenters. The lowest BCUT2D eigenvalue weighted by molar-refractivity contribution is -0.122. The van der Waals surface area contributed by atoms with Gasteiger partial charge in [-0.05, 0) is 48.6 Å². The number of methoxy groups -OCH3 is 1. The van der Waals surface area contributed by atoms with E-state index in [0.29, 0.717) is 18.1 Å². The van der Waals surface area contributed by atoms with Gasteiger partial charge in [0, 0.05) is 11.9 Å². The van der Waals surface area contributed by atoms with Gasteiger partial charge in [0.1, 0.15) is 11.6 Å². The maximum atomic E-state index is 12.2. The van der Waals surface area contributed by atoms with Gasteiger partial charge in [-0.1, -0.05) is 42.5 Å². The van der Waals surface area contributed by atoms with Crippen molar-refractivity contribution in [3.8, 4) is 11.5 Å². The fraction of sp³-hybridized carbons (Fsp3) is 0.280. The molecule has 6 heteroatoms. The highest BCUT2D eigenvalue weighted by Crippen LogP contribution is 2.36. The second kappa shape index (κ2) is 9.79. The summed E-state index contributed by atoms with van der Waals surface area (Å²) in [5.74, 6) is 1.32. The van der Waals surface area contributed by atoms with E-state index in [1.54, 1.807) is 25.5 Å². The molecule has 4 rings (SSSR count). The quantitative estimate of drug-likeness (QED) is 0.564. The Morgan fingerprint density at radius 1 is 1.19 bits per heavy atom. The number of nitrogens with one attached hydrogen (secondary N) is 1. The molecule has 0 fully saturated rings. The summed E-state index contributed by atoms with van der Waals surface area (Å²) >= 11 is 1.67. The molecule has 5 nitrogen and oxygen atoms in total. The molecule has 3 aromatic rings. The Kier molecular flexibility index (Phi) is 6.67. The van der Waals surface area contributed by atoms with Gasteiger partial charge in [0.2, 0.25) is 5.91 Å². The molecule has 0 radical (unpaired) electrons. The minimum absolute atomic E-state index is 0.0533. The minimum atomic E-state index is -0.131. The van der Waals surface area contributed by atoms with Gasteiger partial charge in [-0.3, -0.25) is 4.79 Å². The van der Waals surface area contributed by atoms with E-state index in [-0.39, 0.29) is 11.8 Å². The van der Waals surface area contributed by atoms with Crippen LogP contribution in [-0.2, 0) is 17.8 Å². The van der Waals surface area contributed by atoms with Crippen molar-refractivity contribution in [3.63, 3.8) is 0 Å². The van der Waals surface area contributed by atoms with Crippen LogP contribution in [0.3, 0.4) is 0 Å². The number of carbonyl (C=O) groups excluding carboxylic acids is 1. The highest BCUT2D eigenvalue weighted by Gasteiger charge is 2.29. The smallest absolute Gasteiger partial charge is 0.228 e. The average Bonchev–Trinajstić information content (AvgIpc) is 3.25. The van der Waals surface area contributed by atoms with Crippen molar-refractivity contribution in [3.05, 3.63) is 75.2 Å². The van der Waals surface area contributed by atoms with Crippen molar-refractivity contribution in [1.29, 1.82) is 0 Å². The summed E-state index contributed by atoms with van der Waals surface area (Å²) in [6.07, 6.45) is 6.90. The van der Waals surface area contributed by atoms with Crippen LogP contribution in [0.5, 0.6) is 11.5 Å². The zero-order valence-electron chi connectivity index (χ0n) is 17.8. The Morgan fingerprint density at radius 3 is 2.81 bits per heavy atom. The Bertz CT molecular complexity index is 1080. The molecule has 0 saturated heterocycles. The van der Waals surface area contributed by atoms with Gasteiger partial charge in [-0.2, -0.15) is 0 Å². The predicted octanol–water partition coefficient (Wildman–Crippen LogP) is 5.07. The lowest BCUT2D eigenvalue weighted by Crippen LogP contribution is -2.28. The van der Waals surface area contributed by atoms with Gasteiger partial charge in [0.05, 0.1) is 18.7 Å². The largest absolute Gasteiger partial charge is 0.493 e. The second-order valence-corrected chi connectivity index (χ2v) is 8.55. The molecule has 1 aromatic heterocycles. The lowest BCUT2D eigenvalue weighted by atomic mass is 9.90. The number of thiazole rings is 1. The molecular formula is C25H26N2O3S. The average molecular weight is 435 g/mol. The van der Waals surface area contributed by atoms with E-state index in [9.17, 15) is 4.79 Å². The van der Waals surface area contributed by atoms with Crippen molar-refractivity contribution in [2.45, 2.75) is 31.8 Å². The van der Waals surface area contributed by atoms with Gasteiger partial charge < -0.3 is 14.8 Å². The first kappa shape index (κ1) is 21.1. The first-order valence-electron chi connectivity index (χ1n) is 10.4. The van der Waals surface area contributed by atoms with Gasteiger partial charge in [-0.25, -0.2) is 4.98 Å². The number of ether oxygens (including phenoxy) is 2. The molecule has 1 N–H and O–H groups in total. The van der Waals surface area contributed by atoms with E-state index in [1.807, 2.05) is 60.7 Å². The van der Waals surface area contributed by atoms with Crippen molar-refractivity contribution in [2.75, 3.05) is 14.2 Å². The number of amides is 1. The monoisotopic (exact) mass is 434 g/mol. The first-order chi connectivity index (χ1) is 15.2. The van der Waals surface area contributed by atoms with E-state index in [0.717, 1.165) is 41.1 Å². The van der Waals surface area contributed by atoms with Crippen LogP contribution in [0.15, 0.2) is 48.5 Å². The van der Waals surface area contributed by atoms with E-state index in [2.05, 4.69) is 5.32 Å². The highest BCUT2D eigenvalue weighted by molar-refractivity contribution is 7.12. The summed E-state index contributed by atoms with van der Waals surface area (Å²) in [6.45, 7) is 0.490. The number of fused-ring (bicyclic) bond motifs is 1. The maximum absolute atomic E-state index is 12.2. The van der Waals surface area contributed by atoms with Crippen LogP contribution in [0.2, 0.25) is 0 Å². The molecule has 0 bridgehead atoms. The predicted molar refractivity (Wildman–Crippen MR) is 125 cm³/mol. The number of hydrogen-bond acceptors (Lipinski definition) is 5. The molecule has 0 saturated carbocycles. The SMILES string of the molecule is CNC(=O)C1CCCc2sc(/C=C/c3ccc(OCc4ccccc4)c(OC)c3)nc21. The van der Waals surface area contributed by atoms with E-state index >= 15 is 0 Å². The summed E-state index contributed by atoms with van der Waals surface area (Å²) in [6, 6.07) is 15.9. The molecule has 0 aliphatic heterocycles. The third kappa shape index (κ3) is 4.97. The van der Waals surface area contributed by atoms with Crippen LogP contribution in [-0.4, -0.2) is 25.0 Å². The number of carbonyl (C=O) groups is 1. The molecule has 2 aromatic carbocycles. The third-order valence-electron chi connectivity index (χ3n) is 5.38. The standard InChI is InChI=1S/C25H26N2O3S/c1-26-25(28)19-9-6-10-22-24(19)27-23(31-22)14-12-17-11-13-20(21(15-17)29-2)30-16-18-7-4-3-5-8-18/h3-5,7-8,11-15,19H,6,9-10,16H2,1-2H3,(H,26,28)/b14-12+. The van der Waals surface area contributed by atoms with Crippen LogP contribution in [0.4, 0.5) is 0 Å². The first-order valence-corrected chi connectivity index (χ1v) is 11.2. The molecule has 1 amide bonds. The van der Waals surface area contributed by atoms with Crippen LogP contribution in [0.1, 0.15) is 45.5 Å². The fourth-order valence-corrected chi connectivity index (χ4v) is 4.82. The summed E-state index contributed by atoms with van der Waals surface area (Å²) < 4.78 is 11.5. The van der Waals surface area contributed by atoms with Gasteiger partial charge in [0.25, 0.3) is 0 Å². The van der Waals surface area contributed by atoms with Crippen LogP contribution < -0.4 is 14.8 Å². The number of likely N-dealkylation sites (N-methyl/N-ethyl adjacent to an activating group) is 1. The maximum Gasteiger partial charge on any atom is 0.228 e. The molecular weight excluding hydrogens is 408 g/mol. The molecule has 1 heterocycles. The summed E-state index contributed by atoms with van der Waals surface area (Å²) in [4.78, 5) is 18.2. The third-order valence-corrected chi connectivity index (χ3v) is 6.47. The number of aryl methyl sites for hydroxylation is 1. The highest BCUT2D eigenvalue weighted by atomic mass is 32.1. The molecule has 160 valence electrons. The van der Waals surface area contributed by atoms with Crippen molar-refractivity contribution < 1.29 is 14.3 Å². The Labute approximate surface area is 186 Å². The zero-order valence-corrected chi connectivity index (χ0v) is 18.6. The minimum Gasteiger partial charge on any atom is -0.493 e. The fourth-order valence-electron chi connectivity index (χ4n) is 3.75. The van der Waals surface area contributed by atoms with Gasteiger partial charge in [-0.15, -0.1) is 11.3 Å². The Balaban J connectivity index is 1.48. The van der Waals surface area contributed by atoms with Crippen molar-refractivity contribution in [2.24, 2.45) is 0 Å². The van der Waals surface area contributed by atoms with Gasteiger partial charge in [0.15, 0.2) is 11.5 Å². The van der Waals surface area contributed by atoms with Crippen LogP contribution >= 0.6 is 11.3 Å². The zero-order chi connectivity index (χ0) is 21.6.